The first-order valence-electron chi connectivity index (χ1n) is 9.35. The van der Waals surface area contributed by atoms with E-state index in [-0.39, 0.29) is 0 Å². The van der Waals surface area contributed by atoms with Gasteiger partial charge in [-0.15, -0.1) is 0 Å². The third-order valence-corrected chi connectivity index (χ3v) is 11.5. The summed E-state index contributed by atoms with van der Waals surface area (Å²) in [6, 6.07) is 20.6. The van der Waals surface area contributed by atoms with E-state index in [9.17, 15) is 4.89 Å². The van der Waals surface area contributed by atoms with Gasteiger partial charge in [0.1, 0.15) is 0 Å². The Labute approximate surface area is 158 Å². The number of hydrogen-bond acceptors (Lipinski definition) is 4. The van der Waals surface area contributed by atoms with Crippen LogP contribution in [0.1, 0.15) is 20.8 Å². The average molecular weight is 395 g/mol. The molecule has 4 nitrogen and oxygen atoms in total. The molecule has 144 valence electrons. The number of benzene rings is 2. The Bertz CT molecular complexity index is 582. The molecule has 0 saturated heterocycles. The van der Waals surface area contributed by atoms with Crippen molar-refractivity contribution in [3.05, 3.63) is 60.7 Å². The molecule has 0 unspecified atom stereocenters. The van der Waals surface area contributed by atoms with Crippen molar-refractivity contribution in [2.24, 2.45) is 0 Å². The van der Waals surface area contributed by atoms with Crippen LogP contribution in [0.4, 0.5) is 0 Å². The maximum absolute atomic E-state index is 11.8. The van der Waals surface area contributed by atoms with Crippen molar-refractivity contribution < 1.29 is 18.2 Å². The predicted octanol–water partition coefficient (Wildman–Crippen LogP) is 3.34. The summed E-state index contributed by atoms with van der Waals surface area (Å²) in [4.78, 5) is 11.8. The molecule has 26 heavy (non-hydrogen) atoms. The van der Waals surface area contributed by atoms with Gasteiger partial charge in [0.25, 0.3) is 0 Å². The van der Waals surface area contributed by atoms with E-state index >= 15 is 0 Å². The second-order valence-electron chi connectivity index (χ2n) is 6.07. The summed E-state index contributed by atoms with van der Waals surface area (Å²) < 4.78 is 17.9. The standard InChI is InChI=1S/C20H31O4PSi/c1-4-22-26(23-5-2,24-6-3)18-17-25(21,19-13-9-7-10-14-19)20-15-11-8-12-16-20/h7-16,21,25H,4-6,17-18H2,1-3H3. The van der Waals surface area contributed by atoms with Crippen molar-refractivity contribution in [2.75, 3.05) is 26.0 Å². The van der Waals surface area contributed by atoms with Crippen molar-refractivity contribution in [1.82, 2.24) is 0 Å². The molecule has 2 rings (SSSR count). The fraction of sp³-hybridized carbons (Fsp3) is 0.400. The molecule has 0 fully saturated rings. The van der Waals surface area contributed by atoms with Crippen molar-refractivity contribution in [1.29, 1.82) is 0 Å². The molecular formula is C20H31O4PSi. The molecule has 0 saturated carbocycles. The van der Waals surface area contributed by atoms with Crippen LogP contribution in [0.25, 0.3) is 0 Å². The summed E-state index contributed by atoms with van der Waals surface area (Å²) in [5, 5.41) is 2.00. The number of rotatable bonds is 11. The first-order chi connectivity index (χ1) is 12.6. The Morgan fingerprint density at radius 2 is 1.12 bits per heavy atom. The second kappa shape index (κ2) is 10.3. The average Bonchev–Trinajstić information content (AvgIpc) is 2.68. The second-order valence-corrected chi connectivity index (χ2v) is 12.2. The number of hydrogen-bond donors (Lipinski definition) is 1. The first-order valence-corrected chi connectivity index (χ1v) is 13.4. The van der Waals surface area contributed by atoms with Crippen molar-refractivity contribution in [2.45, 2.75) is 26.8 Å². The first kappa shape index (κ1) is 21.2. The van der Waals surface area contributed by atoms with Gasteiger partial charge < -0.3 is 0 Å². The third-order valence-electron chi connectivity index (χ3n) is 4.39. The molecule has 0 amide bonds. The molecule has 0 aliphatic rings. The molecule has 2 aromatic rings. The molecule has 0 atom stereocenters. The Hall–Kier alpha value is -1.07. The fourth-order valence-corrected chi connectivity index (χ4v) is 10.3. The van der Waals surface area contributed by atoms with Crippen LogP contribution in [0.5, 0.6) is 0 Å². The van der Waals surface area contributed by atoms with Gasteiger partial charge in [0.2, 0.25) is 0 Å². The van der Waals surface area contributed by atoms with E-state index in [1.807, 2.05) is 81.4 Å². The summed E-state index contributed by atoms with van der Waals surface area (Å²) in [6.07, 6.45) is 0.604. The van der Waals surface area contributed by atoms with E-state index in [2.05, 4.69) is 0 Å². The Morgan fingerprint density at radius 1 is 0.731 bits per heavy atom. The van der Waals surface area contributed by atoms with Gasteiger partial charge in [-0.05, 0) is 0 Å². The van der Waals surface area contributed by atoms with Crippen LogP contribution in [0.15, 0.2) is 60.7 Å². The Kier molecular flexibility index (Phi) is 8.42. The van der Waals surface area contributed by atoms with Crippen LogP contribution in [-0.2, 0) is 13.3 Å². The molecular weight excluding hydrogens is 363 g/mol. The van der Waals surface area contributed by atoms with Crippen LogP contribution < -0.4 is 10.6 Å². The van der Waals surface area contributed by atoms with Gasteiger partial charge >= 0.3 is 159 Å². The molecule has 2 aromatic carbocycles. The van der Waals surface area contributed by atoms with E-state index in [0.717, 1.165) is 10.6 Å². The van der Waals surface area contributed by atoms with Crippen molar-refractivity contribution >= 4 is 26.9 Å². The summed E-state index contributed by atoms with van der Waals surface area (Å²) in [5.74, 6) is 0. The van der Waals surface area contributed by atoms with Crippen LogP contribution in [0, 0.1) is 0 Å². The van der Waals surface area contributed by atoms with E-state index in [4.69, 9.17) is 13.3 Å². The van der Waals surface area contributed by atoms with Gasteiger partial charge in [-0.2, -0.15) is 0 Å². The molecule has 0 bridgehead atoms. The molecule has 0 spiro atoms. The van der Waals surface area contributed by atoms with E-state index < -0.39 is 16.3 Å². The zero-order valence-electron chi connectivity index (χ0n) is 16.0. The quantitative estimate of drug-likeness (QED) is 0.469. The van der Waals surface area contributed by atoms with Crippen LogP contribution >= 0.6 is 7.49 Å². The van der Waals surface area contributed by atoms with Crippen molar-refractivity contribution in [3.8, 4) is 0 Å². The minimum absolute atomic E-state index is 0.545. The molecule has 0 aliphatic heterocycles. The summed E-state index contributed by atoms with van der Waals surface area (Å²) in [6.45, 7) is 7.50. The van der Waals surface area contributed by atoms with Gasteiger partial charge in [0, 0.05) is 0 Å². The predicted molar refractivity (Wildman–Crippen MR) is 113 cm³/mol. The molecule has 0 aliphatic carbocycles. The molecule has 0 radical (unpaired) electrons. The third kappa shape index (κ3) is 5.23. The van der Waals surface area contributed by atoms with Crippen LogP contribution in [0.3, 0.4) is 0 Å². The van der Waals surface area contributed by atoms with Gasteiger partial charge in [0.05, 0.1) is 0 Å². The molecule has 1 N–H and O–H groups in total. The minimum atomic E-state index is -2.90. The summed E-state index contributed by atoms with van der Waals surface area (Å²) in [7, 11) is -5.70. The fourth-order valence-electron chi connectivity index (χ4n) is 3.22. The zero-order chi connectivity index (χ0) is 18.9. The zero-order valence-corrected chi connectivity index (χ0v) is 18.0. The van der Waals surface area contributed by atoms with Gasteiger partial charge in [-0.25, -0.2) is 0 Å². The topological polar surface area (TPSA) is 47.9 Å². The maximum atomic E-state index is 11.8. The summed E-state index contributed by atoms with van der Waals surface area (Å²) >= 11 is 0. The van der Waals surface area contributed by atoms with Gasteiger partial charge in [0.15, 0.2) is 0 Å². The Balaban J connectivity index is 2.35. The summed E-state index contributed by atoms with van der Waals surface area (Å²) in [5.41, 5.74) is 0. The van der Waals surface area contributed by atoms with Gasteiger partial charge in [-0.1, -0.05) is 0 Å². The molecule has 0 heterocycles. The van der Waals surface area contributed by atoms with Gasteiger partial charge in [-0.3, -0.25) is 0 Å². The van der Waals surface area contributed by atoms with Crippen LogP contribution in [-0.4, -0.2) is 39.7 Å². The molecule has 6 heteroatoms. The van der Waals surface area contributed by atoms with Crippen molar-refractivity contribution in [3.63, 3.8) is 0 Å². The monoisotopic (exact) mass is 394 g/mol. The Morgan fingerprint density at radius 3 is 1.46 bits per heavy atom. The van der Waals surface area contributed by atoms with Crippen LogP contribution in [0.2, 0.25) is 6.04 Å². The normalized spacial score (nSPS) is 12.9. The SMILES string of the molecule is CCO[Si](CC[PH](O)(c1ccccc1)c1ccccc1)(OCC)OCC. The van der Waals surface area contributed by atoms with E-state index in [1.54, 1.807) is 0 Å². The van der Waals surface area contributed by atoms with E-state index in [0.29, 0.717) is 32.0 Å². The molecule has 0 aromatic heterocycles. The van der Waals surface area contributed by atoms with E-state index in [1.165, 1.54) is 0 Å².